The van der Waals surface area contributed by atoms with Crippen molar-refractivity contribution in [2.75, 3.05) is 6.26 Å². The average Bonchev–Trinajstić information content (AvgIpc) is 2.89. The van der Waals surface area contributed by atoms with Crippen molar-refractivity contribution in [1.29, 1.82) is 0 Å². The second-order valence-electron chi connectivity index (χ2n) is 4.77. The molecule has 1 aromatic carbocycles. The molecule has 138 valence electrons. The third-order valence-electron chi connectivity index (χ3n) is 3.21. The Morgan fingerprint density at radius 3 is 2.04 bits per heavy atom. The molecule has 0 aliphatic rings. The standard InChI is InChI=1S/C13H7ClF7IN2S/c1-25-9-3-6(11(15,12(16,17)18)13(19,20)21)2-8(14)10(9)24-5-7(22)4-23-24/h2-5H,1H3. The van der Waals surface area contributed by atoms with Crippen LogP contribution in [0.5, 0.6) is 0 Å². The van der Waals surface area contributed by atoms with E-state index in [1.165, 1.54) is 23.3 Å². The molecule has 1 heterocycles. The van der Waals surface area contributed by atoms with Gasteiger partial charge in [0.25, 0.3) is 0 Å². The van der Waals surface area contributed by atoms with Crippen LogP contribution in [0.3, 0.4) is 0 Å². The lowest BCUT2D eigenvalue weighted by Crippen LogP contribution is -2.50. The predicted molar refractivity (Wildman–Crippen MR) is 88.0 cm³/mol. The van der Waals surface area contributed by atoms with Crippen LogP contribution in [0.15, 0.2) is 29.4 Å². The summed E-state index contributed by atoms with van der Waals surface area (Å²) in [7, 11) is 0. The fourth-order valence-electron chi connectivity index (χ4n) is 2.06. The zero-order valence-electron chi connectivity index (χ0n) is 12.0. The molecule has 0 radical (unpaired) electrons. The minimum atomic E-state index is -6.20. The Labute approximate surface area is 159 Å². The minimum Gasteiger partial charge on any atom is -0.237 e. The molecule has 0 atom stereocenters. The number of aromatic nitrogens is 2. The molecule has 0 saturated carbocycles. The number of hydrogen-bond donors (Lipinski definition) is 0. The topological polar surface area (TPSA) is 17.8 Å². The van der Waals surface area contributed by atoms with E-state index in [4.69, 9.17) is 11.6 Å². The fraction of sp³-hybridized carbons (Fsp3) is 0.308. The lowest BCUT2D eigenvalue weighted by Gasteiger charge is -2.31. The summed E-state index contributed by atoms with van der Waals surface area (Å²) in [5.74, 6) is 0. The third-order valence-corrected chi connectivity index (χ3v) is 4.80. The van der Waals surface area contributed by atoms with Crippen LogP contribution in [0.4, 0.5) is 30.7 Å². The van der Waals surface area contributed by atoms with E-state index in [9.17, 15) is 30.7 Å². The molecule has 2 aromatic rings. The highest BCUT2D eigenvalue weighted by Crippen LogP contribution is 2.54. The van der Waals surface area contributed by atoms with Crippen molar-refractivity contribution in [3.05, 3.63) is 38.7 Å². The van der Waals surface area contributed by atoms with Crippen LogP contribution >= 0.6 is 46.0 Å². The zero-order chi connectivity index (χ0) is 19.2. The first-order valence-corrected chi connectivity index (χ1v) is 8.92. The summed E-state index contributed by atoms with van der Waals surface area (Å²) in [5, 5.41) is 3.43. The van der Waals surface area contributed by atoms with Crippen molar-refractivity contribution in [3.8, 4) is 5.69 Å². The van der Waals surface area contributed by atoms with Gasteiger partial charge in [0.15, 0.2) is 0 Å². The summed E-state index contributed by atoms with van der Waals surface area (Å²) in [5.41, 5.74) is -7.11. The zero-order valence-corrected chi connectivity index (χ0v) is 15.7. The Morgan fingerprint density at radius 1 is 1.08 bits per heavy atom. The molecule has 0 saturated heterocycles. The molecular weight excluding hydrogens is 512 g/mol. The molecule has 0 bridgehead atoms. The first-order valence-electron chi connectivity index (χ1n) is 6.24. The van der Waals surface area contributed by atoms with Crippen molar-refractivity contribution in [2.45, 2.75) is 22.9 Å². The van der Waals surface area contributed by atoms with Crippen molar-refractivity contribution in [3.63, 3.8) is 0 Å². The van der Waals surface area contributed by atoms with Gasteiger partial charge in [0, 0.05) is 16.7 Å². The van der Waals surface area contributed by atoms with Crippen LogP contribution in [0.1, 0.15) is 5.56 Å². The van der Waals surface area contributed by atoms with E-state index < -0.39 is 28.6 Å². The minimum absolute atomic E-state index is 0.0625. The van der Waals surface area contributed by atoms with Gasteiger partial charge in [0.05, 0.1) is 20.5 Å². The van der Waals surface area contributed by atoms with Gasteiger partial charge in [-0.15, -0.1) is 11.8 Å². The molecule has 25 heavy (non-hydrogen) atoms. The summed E-state index contributed by atoms with van der Waals surface area (Å²) in [6, 6.07) is 0.813. The highest BCUT2D eigenvalue weighted by molar-refractivity contribution is 14.1. The van der Waals surface area contributed by atoms with Gasteiger partial charge in [-0.25, -0.2) is 9.07 Å². The van der Waals surface area contributed by atoms with Crippen molar-refractivity contribution < 1.29 is 30.7 Å². The van der Waals surface area contributed by atoms with Gasteiger partial charge in [-0.1, -0.05) is 11.6 Å². The Hall–Kier alpha value is -0.690. The van der Waals surface area contributed by atoms with Gasteiger partial charge in [-0.2, -0.15) is 31.4 Å². The first kappa shape index (κ1) is 20.6. The van der Waals surface area contributed by atoms with Crippen LogP contribution in [0.25, 0.3) is 5.69 Å². The van der Waals surface area contributed by atoms with E-state index in [0.717, 1.165) is 11.8 Å². The lowest BCUT2D eigenvalue weighted by atomic mass is 9.94. The summed E-state index contributed by atoms with van der Waals surface area (Å²) < 4.78 is 93.6. The maximum absolute atomic E-state index is 14.2. The highest BCUT2D eigenvalue weighted by atomic mass is 127. The van der Waals surface area contributed by atoms with Crippen LogP contribution in [-0.2, 0) is 5.67 Å². The van der Waals surface area contributed by atoms with Gasteiger partial charge in [0.2, 0.25) is 0 Å². The number of benzene rings is 1. The second-order valence-corrected chi connectivity index (χ2v) is 7.27. The first-order chi connectivity index (χ1) is 11.3. The van der Waals surface area contributed by atoms with Crippen molar-refractivity contribution >= 4 is 46.0 Å². The number of halogens is 9. The van der Waals surface area contributed by atoms with E-state index in [1.807, 2.05) is 22.6 Å². The van der Waals surface area contributed by atoms with E-state index >= 15 is 0 Å². The number of alkyl halides is 7. The molecule has 0 unspecified atom stereocenters. The molecule has 2 rings (SSSR count). The van der Waals surface area contributed by atoms with Gasteiger partial charge >= 0.3 is 18.0 Å². The van der Waals surface area contributed by atoms with Crippen LogP contribution in [-0.4, -0.2) is 28.4 Å². The Morgan fingerprint density at radius 2 is 1.64 bits per heavy atom. The van der Waals surface area contributed by atoms with Gasteiger partial charge in [-0.3, -0.25) is 0 Å². The van der Waals surface area contributed by atoms with E-state index in [1.54, 1.807) is 0 Å². The average molecular weight is 519 g/mol. The second kappa shape index (κ2) is 6.80. The molecule has 2 nitrogen and oxygen atoms in total. The number of rotatable bonds is 3. The molecular formula is C13H7ClF7IN2S. The molecule has 0 amide bonds. The maximum atomic E-state index is 14.2. The molecule has 0 spiro atoms. The van der Waals surface area contributed by atoms with Crippen LogP contribution in [0.2, 0.25) is 5.02 Å². The number of nitrogens with zero attached hydrogens (tertiary/aromatic N) is 2. The monoisotopic (exact) mass is 518 g/mol. The summed E-state index contributed by atoms with van der Waals surface area (Å²) in [6.07, 6.45) is -8.11. The number of hydrogen-bond acceptors (Lipinski definition) is 2. The van der Waals surface area contributed by atoms with Gasteiger partial charge < -0.3 is 0 Å². The quantitative estimate of drug-likeness (QED) is 0.276. The molecule has 0 aliphatic heterocycles. The van der Waals surface area contributed by atoms with Crippen molar-refractivity contribution in [1.82, 2.24) is 9.78 Å². The van der Waals surface area contributed by atoms with Crippen LogP contribution in [0, 0.1) is 3.57 Å². The molecule has 1 aromatic heterocycles. The third kappa shape index (κ3) is 3.59. The SMILES string of the molecule is CSc1cc(C(F)(C(F)(F)F)C(F)(F)F)cc(Cl)c1-n1cc(I)cn1. The largest absolute Gasteiger partial charge is 0.435 e. The van der Waals surface area contributed by atoms with E-state index in [2.05, 4.69) is 5.10 Å². The highest BCUT2D eigenvalue weighted by Gasteiger charge is 2.73. The summed E-state index contributed by atoms with van der Waals surface area (Å²) in [6.45, 7) is 0. The van der Waals surface area contributed by atoms with Gasteiger partial charge in [0.1, 0.15) is 0 Å². The summed E-state index contributed by atoms with van der Waals surface area (Å²) in [4.78, 5) is -0.0856. The normalized spacial score (nSPS) is 13.4. The van der Waals surface area contributed by atoms with E-state index in [0.29, 0.717) is 15.7 Å². The predicted octanol–water partition coefficient (Wildman–Crippen LogP) is 6.14. The summed E-state index contributed by atoms with van der Waals surface area (Å²) >= 11 is 8.61. The molecule has 0 aliphatic carbocycles. The maximum Gasteiger partial charge on any atom is 0.435 e. The van der Waals surface area contributed by atoms with Gasteiger partial charge in [-0.05, 0) is 41.0 Å². The smallest absolute Gasteiger partial charge is 0.237 e. The lowest BCUT2D eigenvalue weighted by molar-refractivity contribution is -0.348. The van der Waals surface area contributed by atoms with Crippen LogP contribution < -0.4 is 0 Å². The Bertz CT molecular complexity index is 774. The Balaban J connectivity index is 2.75. The fourth-order valence-corrected chi connectivity index (χ4v) is 3.45. The Kier molecular flexibility index (Phi) is 5.61. The molecule has 0 fully saturated rings. The molecule has 12 heteroatoms. The van der Waals surface area contributed by atoms with Crippen molar-refractivity contribution in [2.24, 2.45) is 0 Å². The van der Waals surface area contributed by atoms with E-state index in [-0.39, 0.29) is 10.6 Å². The number of thioether (sulfide) groups is 1. The molecule has 0 N–H and O–H groups in total.